The van der Waals surface area contributed by atoms with E-state index in [-0.39, 0.29) is 23.5 Å². The Balaban J connectivity index is 2.13. The minimum absolute atomic E-state index is 0.00686. The van der Waals surface area contributed by atoms with Gasteiger partial charge in [-0.25, -0.2) is 0 Å². The number of carbonyl (C=O) groups is 2. The molecule has 2 rings (SSSR count). The molecule has 22 heavy (non-hydrogen) atoms. The number of esters is 2. The molecule has 2 aliphatic rings. The fraction of sp³-hybridized carbons (Fsp3) is 0.529. The smallest absolute Gasteiger partial charge is 0.311 e. The highest BCUT2D eigenvalue weighted by molar-refractivity contribution is 6.29. The summed E-state index contributed by atoms with van der Waals surface area (Å²) in [5.74, 6) is 0.396. The first kappa shape index (κ1) is 16.6. The zero-order valence-corrected chi connectivity index (χ0v) is 13.4. The van der Waals surface area contributed by atoms with Gasteiger partial charge >= 0.3 is 11.9 Å². The van der Waals surface area contributed by atoms with Crippen LogP contribution < -0.4 is 0 Å². The first-order valence-corrected chi connectivity index (χ1v) is 7.52. The van der Waals surface area contributed by atoms with Crippen LogP contribution >= 0.6 is 11.6 Å². The zero-order valence-electron chi connectivity index (χ0n) is 12.7. The second kappa shape index (κ2) is 6.18. The van der Waals surface area contributed by atoms with Crippen LogP contribution in [0.4, 0.5) is 0 Å². The monoisotopic (exact) mass is 322 g/mol. The third kappa shape index (κ3) is 3.36. The highest BCUT2D eigenvalue weighted by Gasteiger charge is 2.53. The van der Waals surface area contributed by atoms with Crippen molar-refractivity contribution >= 4 is 23.5 Å². The molecule has 0 aromatic rings. The standard InChI is InChI=1S/C17H19ClO4/c1-5-17(3,4)22-16(20)14-12-7-6-11(8-12)13(14)15(19)21-9-10(2)18/h1,6-7,11-14H,2,8-9H2,3-4H3/t11-,12+,13-,14+/m1/s1. The van der Waals surface area contributed by atoms with Crippen LogP contribution in [0.3, 0.4) is 0 Å². The molecule has 0 N–H and O–H groups in total. The van der Waals surface area contributed by atoms with Gasteiger partial charge in [0.1, 0.15) is 6.61 Å². The Bertz CT molecular complexity index is 570. The lowest BCUT2D eigenvalue weighted by Gasteiger charge is -2.28. The SMILES string of the molecule is C#CC(C)(C)OC(=O)[C@@H]1[C@H](C(=O)OCC(=C)Cl)[C@@H]2C=C[C@H]1C2. The summed E-state index contributed by atoms with van der Waals surface area (Å²) in [5, 5.41) is 0.236. The predicted octanol–water partition coefficient (Wildman–Crippen LogP) is 2.68. The van der Waals surface area contributed by atoms with Gasteiger partial charge in [0.05, 0.1) is 11.8 Å². The molecule has 2 bridgehead atoms. The van der Waals surface area contributed by atoms with E-state index in [1.165, 1.54) is 0 Å². The maximum Gasteiger partial charge on any atom is 0.311 e. The van der Waals surface area contributed by atoms with E-state index in [1.807, 2.05) is 12.2 Å². The Morgan fingerprint density at radius 1 is 1.32 bits per heavy atom. The fourth-order valence-corrected chi connectivity index (χ4v) is 3.11. The highest BCUT2D eigenvalue weighted by atomic mass is 35.5. The van der Waals surface area contributed by atoms with Crippen molar-refractivity contribution in [1.29, 1.82) is 0 Å². The zero-order chi connectivity index (χ0) is 16.5. The number of hydrogen-bond donors (Lipinski definition) is 0. The van der Waals surface area contributed by atoms with Gasteiger partial charge < -0.3 is 9.47 Å². The molecule has 118 valence electrons. The van der Waals surface area contributed by atoms with E-state index < -0.39 is 29.4 Å². The molecule has 4 nitrogen and oxygen atoms in total. The molecule has 0 aromatic carbocycles. The number of terminal acetylenes is 1. The van der Waals surface area contributed by atoms with E-state index in [2.05, 4.69) is 12.5 Å². The van der Waals surface area contributed by atoms with Gasteiger partial charge in [0.2, 0.25) is 0 Å². The van der Waals surface area contributed by atoms with Crippen molar-refractivity contribution in [2.45, 2.75) is 25.9 Å². The summed E-state index contributed by atoms with van der Waals surface area (Å²) in [5.41, 5.74) is -0.999. The lowest BCUT2D eigenvalue weighted by molar-refractivity contribution is -0.166. The maximum atomic E-state index is 12.5. The van der Waals surface area contributed by atoms with Crippen LogP contribution in [-0.4, -0.2) is 24.1 Å². The molecular weight excluding hydrogens is 304 g/mol. The van der Waals surface area contributed by atoms with E-state index in [0.29, 0.717) is 0 Å². The predicted molar refractivity (Wildman–Crippen MR) is 82.7 cm³/mol. The van der Waals surface area contributed by atoms with E-state index in [9.17, 15) is 9.59 Å². The second-order valence-corrected chi connectivity index (χ2v) is 6.74. The summed E-state index contributed by atoms with van der Waals surface area (Å²) in [6.07, 6.45) is 10.0. The summed E-state index contributed by atoms with van der Waals surface area (Å²) in [4.78, 5) is 24.7. The third-order valence-corrected chi connectivity index (χ3v) is 4.19. The van der Waals surface area contributed by atoms with Crippen molar-refractivity contribution < 1.29 is 19.1 Å². The number of halogens is 1. The molecule has 4 atom stereocenters. The number of carbonyl (C=O) groups excluding carboxylic acids is 2. The van der Waals surface area contributed by atoms with Crippen molar-refractivity contribution in [1.82, 2.24) is 0 Å². The van der Waals surface area contributed by atoms with Crippen molar-refractivity contribution in [2.75, 3.05) is 6.61 Å². The summed E-state index contributed by atoms with van der Waals surface area (Å²) in [7, 11) is 0. The Labute approximate surface area is 135 Å². The molecule has 2 aliphatic carbocycles. The van der Waals surface area contributed by atoms with E-state index in [4.69, 9.17) is 27.5 Å². The molecule has 0 radical (unpaired) electrons. The van der Waals surface area contributed by atoms with Crippen molar-refractivity contribution in [3.05, 3.63) is 23.8 Å². The molecule has 0 spiro atoms. The Hall–Kier alpha value is -1.73. The minimum Gasteiger partial charge on any atom is -0.460 e. The lowest BCUT2D eigenvalue weighted by Crippen LogP contribution is -2.39. The topological polar surface area (TPSA) is 52.6 Å². The van der Waals surface area contributed by atoms with E-state index in [0.717, 1.165) is 6.42 Å². The van der Waals surface area contributed by atoms with Gasteiger partial charge in [-0.3, -0.25) is 9.59 Å². The molecule has 0 aromatic heterocycles. The highest BCUT2D eigenvalue weighted by Crippen LogP contribution is 2.49. The Morgan fingerprint density at radius 3 is 2.36 bits per heavy atom. The van der Waals surface area contributed by atoms with Crippen LogP contribution in [0.2, 0.25) is 0 Å². The number of fused-ring (bicyclic) bond motifs is 2. The van der Waals surface area contributed by atoms with Gasteiger partial charge in [0.15, 0.2) is 5.60 Å². The lowest BCUT2D eigenvalue weighted by atomic mass is 9.83. The molecule has 0 unspecified atom stereocenters. The average Bonchev–Trinajstić information content (AvgIpc) is 3.04. The third-order valence-electron chi connectivity index (χ3n) is 4.08. The molecule has 0 saturated heterocycles. The second-order valence-electron chi connectivity index (χ2n) is 6.20. The van der Waals surface area contributed by atoms with Crippen LogP contribution in [0.25, 0.3) is 0 Å². The fourth-order valence-electron chi connectivity index (χ4n) is 3.06. The van der Waals surface area contributed by atoms with Gasteiger partial charge in [-0.2, -0.15) is 0 Å². The molecule has 1 fully saturated rings. The minimum atomic E-state index is -0.999. The van der Waals surface area contributed by atoms with E-state index >= 15 is 0 Å². The van der Waals surface area contributed by atoms with Crippen molar-refractivity contribution in [2.24, 2.45) is 23.7 Å². The summed E-state index contributed by atoms with van der Waals surface area (Å²) < 4.78 is 10.5. The summed E-state index contributed by atoms with van der Waals surface area (Å²) in [6, 6.07) is 0. The normalized spacial score (nSPS) is 29.0. The molecule has 5 heteroatoms. The van der Waals surface area contributed by atoms with Crippen molar-refractivity contribution in [3.8, 4) is 12.3 Å². The molecule has 0 amide bonds. The maximum absolute atomic E-state index is 12.5. The summed E-state index contributed by atoms with van der Waals surface area (Å²) >= 11 is 5.61. The Kier molecular flexibility index (Phi) is 4.67. The van der Waals surface area contributed by atoms with Crippen LogP contribution in [0.1, 0.15) is 20.3 Å². The van der Waals surface area contributed by atoms with Gasteiger partial charge in [-0.1, -0.05) is 36.3 Å². The largest absolute Gasteiger partial charge is 0.460 e. The van der Waals surface area contributed by atoms with Crippen molar-refractivity contribution in [3.63, 3.8) is 0 Å². The van der Waals surface area contributed by atoms with Crippen LogP contribution in [-0.2, 0) is 19.1 Å². The number of rotatable bonds is 5. The van der Waals surface area contributed by atoms with Gasteiger partial charge in [0, 0.05) is 5.03 Å². The molecule has 0 heterocycles. The number of hydrogen-bond acceptors (Lipinski definition) is 4. The van der Waals surface area contributed by atoms with E-state index in [1.54, 1.807) is 13.8 Å². The van der Waals surface area contributed by atoms with Gasteiger partial charge in [-0.05, 0) is 32.1 Å². The van der Waals surface area contributed by atoms with Gasteiger partial charge in [-0.15, -0.1) is 6.42 Å². The first-order valence-electron chi connectivity index (χ1n) is 7.14. The molecular formula is C17H19ClO4. The van der Waals surface area contributed by atoms with Crippen LogP contribution in [0, 0.1) is 36.0 Å². The molecule has 1 saturated carbocycles. The van der Waals surface area contributed by atoms with Crippen LogP contribution in [0.5, 0.6) is 0 Å². The van der Waals surface area contributed by atoms with Gasteiger partial charge in [0.25, 0.3) is 0 Å². The van der Waals surface area contributed by atoms with Crippen LogP contribution in [0.15, 0.2) is 23.8 Å². The number of allylic oxidation sites excluding steroid dienone is 2. The molecule has 0 aliphatic heterocycles. The quantitative estimate of drug-likeness (QED) is 0.443. The first-order chi connectivity index (χ1) is 10.2. The average molecular weight is 323 g/mol. The number of ether oxygens (including phenoxy) is 2. The Morgan fingerprint density at radius 2 is 1.86 bits per heavy atom. The summed E-state index contributed by atoms with van der Waals surface area (Å²) in [6.45, 7) is 6.69.